The van der Waals surface area contributed by atoms with E-state index in [2.05, 4.69) is 6.58 Å². The average molecular weight is 398 g/mol. The number of hydrogen-bond acceptors (Lipinski definition) is 3. The second-order valence-corrected chi connectivity index (χ2v) is 7.81. The first-order valence-electron chi connectivity index (χ1n) is 10.1. The Bertz CT molecular complexity index is 663. The Morgan fingerprint density at radius 1 is 1.14 bits per heavy atom. The topological polar surface area (TPSA) is 27.7 Å². The predicted octanol–water partition coefficient (Wildman–Crippen LogP) is 5.23. The Morgan fingerprint density at radius 3 is 2.50 bits per heavy atom. The summed E-state index contributed by atoms with van der Waals surface area (Å²) in [6, 6.07) is 3.30. The van der Waals surface area contributed by atoms with Gasteiger partial charge in [-0.3, -0.25) is 0 Å². The zero-order chi connectivity index (χ0) is 20.1. The molecule has 28 heavy (non-hydrogen) atoms. The van der Waals surface area contributed by atoms with Crippen molar-refractivity contribution in [3.8, 4) is 0 Å². The molecule has 3 rings (SSSR count). The van der Waals surface area contributed by atoms with Crippen molar-refractivity contribution in [3.63, 3.8) is 0 Å². The monoisotopic (exact) mass is 398 g/mol. The van der Waals surface area contributed by atoms with Crippen LogP contribution in [0.2, 0.25) is 0 Å². The van der Waals surface area contributed by atoms with Crippen LogP contribution in [-0.4, -0.2) is 37.9 Å². The van der Waals surface area contributed by atoms with E-state index in [1.807, 2.05) is 6.92 Å². The lowest BCUT2D eigenvalue weighted by Gasteiger charge is -2.39. The van der Waals surface area contributed by atoms with Crippen LogP contribution >= 0.6 is 0 Å². The summed E-state index contributed by atoms with van der Waals surface area (Å²) in [6.07, 6.45) is 4.14. The molecule has 156 valence electrons. The molecule has 0 amide bonds. The third-order valence-corrected chi connectivity index (χ3v) is 5.58. The van der Waals surface area contributed by atoms with Gasteiger partial charge in [-0.25, -0.2) is 13.2 Å². The van der Waals surface area contributed by atoms with Crippen LogP contribution in [0.4, 0.5) is 13.2 Å². The molecule has 2 heterocycles. The summed E-state index contributed by atoms with van der Waals surface area (Å²) >= 11 is 0. The first-order valence-corrected chi connectivity index (χ1v) is 10.1. The first kappa shape index (κ1) is 21.3. The highest BCUT2D eigenvalue weighted by Gasteiger charge is 2.40. The number of ether oxygens (including phenoxy) is 3. The zero-order valence-electron chi connectivity index (χ0n) is 16.4. The summed E-state index contributed by atoms with van der Waals surface area (Å²) in [4.78, 5) is 0. The van der Waals surface area contributed by atoms with Crippen LogP contribution in [-0.2, 0) is 20.6 Å². The minimum Gasteiger partial charge on any atom is -0.372 e. The van der Waals surface area contributed by atoms with Crippen LogP contribution in [0.15, 0.2) is 24.8 Å². The summed E-state index contributed by atoms with van der Waals surface area (Å²) in [6.45, 7) is 5.79. The quantitative estimate of drug-likeness (QED) is 0.589. The summed E-state index contributed by atoms with van der Waals surface area (Å²) in [5.74, 6) is -1.79. The average Bonchev–Trinajstić information content (AvgIpc) is 2.70. The minimum atomic E-state index is -1.43. The van der Waals surface area contributed by atoms with E-state index in [0.29, 0.717) is 43.2 Å². The fraction of sp³-hybridized carbons (Fsp3) is 0.636. The van der Waals surface area contributed by atoms with E-state index in [4.69, 9.17) is 14.2 Å². The van der Waals surface area contributed by atoms with E-state index < -0.39 is 23.6 Å². The van der Waals surface area contributed by atoms with Crippen LogP contribution in [0.5, 0.6) is 0 Å². The SMILES string of the molecule is C=CCCc1ccc(C2CCC(C3OCC(F)(CCC)CO3)OC2)c(F)c1F. The molecule has 0 saturated carbocycles. The van der Waals surface area contributed by atoms with E-state index in [1.165, 1.54) is 0 Å². The number of alkyl halides is 1. The first-order chi connectivity index (χ1) is 13.5. The van der Waals surface area contributed by atoms with Crippen molar-refractivity contribution in [3.05, 3.63) is 47.5 Å². The van der Waals surface area contributed by atoms with Crippen molar-refractivity contribution < 1.29 is 27.4 Å². The molecule has 2 unspecified atom stereocenters. The van der Waals surface area contributed by atoms with Gasteiger partial charge in [0.15, 0.2) is 23.6 Å². The van der Waals surface area contributed by atoms with Crippen molar-refractivity contribution in [2.75, 3.05) is 19.8 Å². The molecular weight excluding hydrogens is 369 g/mol. The van der Waals surface area contributed by atoms with Gasteiger partial charge in [0.25, 0.3) is 0 Å². The van der Waals surface area contributed by atoms with E-state index in [0.717, 1.165) is 6.42 Å². The number of halogens is 3. The Balaban J connectivity index is 1.56. The van der Waals surface area contributed by atoms with Crippen LogP contribution in [0.3, 0.4) is 0 Å². The van der Waals surface area contributed by atoms with Gasteiger partial charge in [-0.15, -0.1) is 6.58 Å². The number of benzene rings is 1. The van der Waals surface area contributed by atoms with Gasteiger partial charge < -0.3 is 14.2 Å². The number of hydrogen-bond donors (Lipinski definition) is 0. The van der Waals surface area contributed by atoms with Crippen molar-refractivity contribution in [2.24, 2.45) is 0 Å². The molecule has 0 aliphatic carbocycles. The molecule has 6 heteroatoms. The molecule has 0 spiro atoms. The minimum absolute atomic E-state index is 0.000799. The number of aryl methyl sites for hydroxylation is 1. The van der Waals surface area contributed by atoms with Gasteiger partial charge in [0.05, 0.1) is 19.8 Å². The van der Waals surface area contributed by atoms with E-state index in [-0.39, 0.29) is 31.8 Å². The molecule has 2 aliphatic heterocycles. The molecule has 0 bridgehead atoms. The second kappa shape index (κ2) is 9.42. The zero-order valence-corrected chi connectivity index (χ0v) is 16.4. The number of allylic oxidation sites excluding steroid dienone is 1. The number of rotatable bonds is 7. The molecule has 2 saturated heterocycles. The second-order valence-electron chi connectivity index (χ2n) is 7.81. The lowest BCUT2D eigenvalue weighted by Crippen LogP contribution is -2.49. The highest BCUT2D eigenvalue weighted by Crippen LogP contribution is 2.35. The van der Waals surface area contributed by atoms with Crippen molar-refractivity contribution >= 4 is 0 Å². The molecule has 0 N–H and O–H groups in total. The fourth-order valence-corrected chi connectivity index (χ4v) is 3.96. The molecule has 0 aromatic heterocycles. The highest BCUT2D eigenvalue weighted by molar-refractivity contribution is 5.29. The lowest BCUT2D eigenvalue weighted by molar-refractivity contribution is -0.277. The Morgan fingerprint density at radius 2 is 1.89 bits per heavy atom. The summed E-state index contributed by atoms with van der Waals surface area (Å²) in [5, 5.41) is 0. The Labute approximate surface area is 164 Å². The molecule has 1 aromatic carbocycles. The summed E-state index contributed by atoms with van der Waals surface area (Å²) < 4.78 is 60.2. The van der Waals surface area contributed by atoms with Crippen molar-refractivity contribution in [1.82, 2.24) is 0 Å². The van der Waals surface area contributed by atoms with Gasteiger partial charge >= 0.3 is 0 Å². The van der Waals surface area contributed by atoms with Gasteiger partial charge in [0.1, 0.15) is 6.10 Å². The Kier molecular flexibility index (Phi) is 7.18. The van der Waals surface area contributed by atoms with Gasteiger partial charge in [0.2, 0.25) is 0 Å². The van der Waals surface area contributed by atoms with Crippen molar-refractivity contribution in [1.29, 1.82) is 0 Å². The Hall–Kier alpha value is -1.37. The summed E-state index contributed by atoms with van der Waals surface area (Å²) in [7, 11) is 0. The molecular formula is C22H29F3O3. The largest absolute Gasteiger partial charge is 0.372 e. The highest BCUT2D eigenvalue weighted by atomic mass is 19.2. The summed E-state index contributed by atoms with van der Waals surface area (Å²) in [5.41, 5.74) is -0.729. The van der Waals surface area contributed by atoms with Crippen LogP contribution in [0.25, 0.3) is 0 Å². The fourth-order valence-electron chi connectivity index (χ4n) is 3.96. The normalized spacial score (nSPS) is 30.9. The molecule has 2 fully saturated rings. The van der Waals surface area contributed by atoms with Crippen LogP contribution < -0.4 is 0 Å². The van der Waals surface area contributed by atoms with E-state index in [1.54, 1.807) is 18.2 Å². The van der Waals surface area contributed by atoms with Crippen LogP contribution in [0, 0.1) is 11.6 Å². The van der Waals surface area contributed by atoms with Gasteiger partial charge in [-0.1, -0.05) is 31.6 Å². The van der Waals surface area contributed by atoms with Crippen LogP contribution in [0.1, 0.15) is 56.1 Å². The third-order valence-electron chi connectivity index (χ3n) is 5.58. The van der Waals surface area contributed by atoms with E-state index in [9.17, 15) is 13.2 Å². The third kappa shape index (κ3) is 4.78. The maximum absolute atomic E-state index is 14.5. The molecule has 2 atom stereocenters. The molecule has 1 aromatic rings. The van der Waals surface area contributed by atoms with E-state index >= 15 is 0 Å². The molecule has 3 nitrogen and oxygen atoms in total. The molecule has 2 aliphatic rings. The maximum atomic E-state index is 14.5. The molecule has 0 radical (unpaired) electrons. The smallest absolute Gasteiger partial charge is 0.183 e. The van der Waals surface area contributed by atoms with Gasteiger partial charge in [-0.05, 0) is 43.2 Å². The predicted molar refractivity (Wildman–Crippen MR) is 101 cm³/mol. The standard InChI is InChI=1S/C22H29F3O3/c1-3-5-6-15-7-9-17(20(24)19(15)23)16-8-10-18(26-12-16)21-27-13-22(25,11-4-2)14-28-21/h3,7,9,16,18,21H,1,4-6,8,10-14H2,2H3. The van der Waals surface area contributed by atoms with Gasteiger partial charge in [-0.2, -0.15) is 0 Å². The van der Waals surface area contributed by atoms with Crippen molar-refractivity contribution in [2.45, 2.75) is 69.4 Å². The maximum Gasteiger partial charge on any atom is 0.183 e. The lowest BCUT2D eigenvalue weighted by atomic mass is 9.89. The van der Waals surface area contributed by atoms with Gasteiger partial charge in [0, 0.05) is 5.92 Å².